The zero-order valence-corrected chi connectivity index (χ0v) is 12.7. The molecule has 0 heterocycles. The van der Waals surface area contributed by atoms with E-state index in [1.807, 2.05) is 12.1 Å². The first-order chi connectivity index (χ1) is 9.06. The Morgan fingerprint density at radius 2 is 1.58 bits per heavy atom. The summed E-state index contributed by atoms with van der Waals surface area (Å²) in [4.78, 5) is 0. The van der Waals surface area contributed by atoms with Crippen molar-refractivity contribution in [1.29, 1.82) is 10.5 Å². The average molecular weight is 354 g/mol. The summed E-state index contributed by atoms with van der Waals surface area (Å²) < 4.78 is 0.777. The van der Waals surface area contributed by atoms with Crippen LogP contribution in [0, 0.1) is 22.7 Å². The minimum atomic E-state index is 0.563. The molecule has 2 aromatic rings. The second-order valence-electron chi connectivity index (χ2n) is 3.36. The molecule has 0 saturated carbocycles. The van der Waals surface area contributed by atoms with Crippen molar-refractivity contribution < 1.29 is 0 Å². The predicted octanol–water partition coefficient (Wildman–Crippen LogP) is 5.19. The average Bonchev–Trinajstić information content (AvgIpc) is 2.42. The summed E-state index contributed by atoms with van der Waals surface area (Å²) in [5, 5.41) is 18.0. The van der Waals surface area contributed by atoms with Crippen LogP contribution in [0.25, 0.3) is 0 Å². The summed E-state index contributed by atoms with van der Waals surface area (Å²) in [6.07, 6.45) is 0. The molecule has 0 amide bonds. The van der Waals surface area contributed by atoms with E-state index in [1.54, 1.807) is 42.5 Å². The highest BCUT2D eigenvalue weighted by Gasteiger charge is 1.97. The maximum absolute atomic E-state index is 8.50. The van der Waals surface area contributed by atoms with Gasteiger partial charge in [-0.3, -0.25) is 0 Å². The molecule has 0 aliphatic rings. The van der Waals surface area contributed by atoms with Gasteiger partial charge in [-0.1, -0.05) is 29.3 Å². The molecule has 94 valence electrons. The molecule has 2 nitrogen and oxygen atoms in total. The second-order valence-corrected chi connectivity index (χ2v) is 5.09. The van der Waals surface area contributed by atoms with Crippen LogP contribution >= 0.6 is 39.1 Å². The summed E-state index contributed by atoms with van der Waals surface area (Å²) in [5.41, 5.74) is 1.16. The molecule has 0 bridgehead atoms. The largest absolute Gasteiger partial charge is 0.192 e. The van der Waals surface area contributed by atoms with Gasteiger partial charge in [-0.2, -0.15) is 10.5 Å². The van der Waals surface area contributed by atoms with Gasteiger partial charge in [0, 0.05) is 14.5 Å². The lowest BCUT2D eigenvalue weighted by Gasteiger charge is -1.92. The van der Waals surface area contributed by atoms with E-state index >= 15 is 0 Å². The van der Waals surface area contributed by atoms with Gasteiger partial charge < -0.3 is 0 Å². The molecule has 0 aliphatic heterocycles. The second kappa shape index (κ2) is 7.81. The molecule has 5 heteroatoms. The maximum Gasteiger partial charge on any atom is 0.100 e. The Morgan fingerprint density at radius 3 is 2.05 bits per heavy atom. The molecule has 0 aliphatic carbocycles. The van der Waals surface area contributed by atoms with Crippen molar-refractivity contribution in [2.75, 3.05) is 0 Å². The smallest absolute Gasteiger partial charge is 0.100 e. The minimum absolute atomic E-state index is 0.563. The fraction of sp³-hybridized carbons (Fsp3) is 0. The van der Waals surface area contributed by atoms with Crippen molar-refractivity contribution >= 4 is 39.1 Å². The topological polar surface area (TPSA) is 47.6 Å². The highest BCUT2D eigenvalue weighted by Crippen LogP contribution is 2.19. The molecule has 2 aromatic carbocycles. The van der Waals surface area contributed by atoms with Crippen LogP contribution in [0.15, 0.2) is 46.9 Å². The lowest BCUT2D eigenvalue weighted by Crippen LogP contribution is -1.75. The summed E-state index contributed by atoms with van der Waals surface area (Å²) in [6.45, 7) is 0. The summed E-state index contributed by atoms with van der Waals surface area (Å²) in [7, 11) is 0. The van der Waals surface area contributed by atoms with E-state index in [4.69, 9.17) is 33.7 Å². The van der Waals surface area contributed by atoms with Crippen LogP contribution in [0.2, 0.25) is 10.0 Å². The quantitative estimate of drug-likeness (QED) is 0.654. The Labute approximate surface area is 129 Å². The van der Waals surface area contributed by atoms with Gasteiger partial charge in [0.1, 0.15) is 6.07 Å². The number of nitrogens with zero attached hydrogens (tertiary/aromatic N) is 2. The van der Waals surface area contributed by atoms with Gasteiger partial charge in [-0.05, 0) is 52.3 Å². The van der Waals surface area contributed by atoms with E-state index < -0.39 is 0 Å². The molecule has 0 radical (unpaired) electrons. The summed E-state index contributed by atoms with van der Waals surface area (Å²) in [5.74, 6) is 0. The highest BCUT2D eigenvalue weighted by atomic mass is 79.9. The Balaban J connectivity index is 0.000000191. The molecule has 0 unspecified atom stereocenters. The van der Waals surface area contributed by atoms with Crippen molar-refractivity contribution in [3.8, 4) is 12.1 Å². The van der Waals surface area contributed by atoms with E-state index in [1.165, 1.54) is 0 Å². The van der Waals surface area contributed by atoms with E-state index in [-0.39, 0.29) is 0 Å². The Kier molecular flexibility index (Phi) is 6.39. The zero-order valence-electron chi connectivity index (χ0n) is 9.57. The van der Waals surface area contributed by atoms with Gasteiger partial charge in [0.15, 0.2) is 0 Å². The highest BCUT2D eigenvalue weighted by molar-refractivity contribution is 9.10. The van der Waals surface area contributed by atoms with Gasteiger partial charge >= 0.3 is 0 Å². The molecule has 0 saturated heterocycles. The van der Waals surface area contributed by atoms with Crippen molar-refractivity contribution in [3.63, 3.8) is 0 Å². The fourth-order valence-electron chi connectivity index (χ4n) is 1.14. The number of benzene rings is 2. The maximum atomic E-state index is 8.50. The lowest BCUT2D eigenvalue weighted by molar-refractivity contribution is 1.47. The van der Waals surface area contributed by atoms with Crippen LogP contribution in [0.1, 0.15) is 11.1 Å². The van der Waals surface area contributed by atoms with Crippen LogP contribution in [0.4, 0.5) is 0 Å². The zero-order chi connectivity index (χ0) is 14.3. The molecule has 2 rings (SSSR count). The third-order valence-corrected chi connectivity index (χ3v) is 3.16. The van der Waals surface area contributed by atoms with Crippen molar-refractivity contribution in [3.05, 3.63) is 68.1 Å². The fourth-order valence-corrected chi connectivity index (χ4v) is 1.84. The minimum Gasteiger partial charge on any atom is -0.192 e. The number of halogens is 3. The number of hydrogen-bond donors (Lipinski definition) is 0. The van der Waals surface area contributed by atoms with Crippen molar-refractivity contribution in [2.24, 2.45) is 0 Å². The van der Waals surface area contributed by atoms with Crippen LogP contribution in [-0.4, -0.2) is 0 Å². The SMILES string of the molecule is N#Cc1cc(Cl)ccc1Br.N#Cc1cccc(Cl)c1. The van der Waals surface area contributed by atoms with E-state index in [9.17, 15) is 0 Å². The Hall–Kier alpha value is -1.52. The van der Waals surface area contributed by atoms with Gasteiger partial charge in [0.2, 0.25) is 0 Å². The van der Waals surface area contributed by atoms with Gasteiger partial charge in [0.25, 0.3) is 0 Å². The van der Waals surface area contributed by atoms with Crippen LogP contribution in [0.3, 0.4) is 0 Å². The first-order valence-corrected chi connectivity index (χ1v) is 6.62. The van der Waals surface area contributed by atoms with Crippen LogP contribution in [0.5, 0.6) is 0 Å². The number of nitriles is 2. The Morgan fingerprint density at radius 1 is 0.895 bits per heavy atom. The van der Waals surface area contributed by atoms with E-state index in [0.29, 0.717) is 21.2 Å². The Bertz CT molecular complexity index is 657. The third kappa shape index (κ3) is 5.32. The van der Waals surface area contributed by atoms with Gasteiger partial charge in [-0.15, -0.1) is 0 Å². The third-order valence-electron chi connectivity index (χ3n) is 2.00. The first-order valence-electron chi connectivity index (χ1n) is 5.07. The van der Waals surface area contributed by atoms with Gasteiger partial charge in [0.05, 0.1) is 17.2 Å². The monoisotopic (exact) mass is 352 g/mol. The van der Waals surface area contributed by atoms with E-state index in [0.717, 1.165) is 4.47 Å². The van der Waals surface area contributed by atoms with E-state index in [2.05, 4.69) is 15.9 Å². The molecule has 0 atom stereocenters. The normalized spacial score (nSPS) is 8.68. The molecule has 0 fully saturated rings. The molecule has 0 N–H and O–H groups in total. The molecule has 0 aromatic heterocycles. The standard InChI is InChI=1S/C7H3BrClN.C7H4ClN/c8-7-2-1-6(9)3-5(7)4-10;8-7-3-1-2-6(4-7)5-9/h1-3H;1-4H. The molecular weight excluding hydrogens is 347 g/mol. The van der Waals surface area contributed by atoms with Crippen molar-refractivity contribution in [2.45, 2.75) is 0 Å². The van der Waals surface area contributed by atoms with Crippen molar-refractivity contribution in [1.82, 2.24) is 0 Å². The number of rotatable bonds is 0. The summed E-state index contributed by atoms with van der Waals surface area (Å²) in [6, 6.07) is 15.9. The lowest BCUT2D eigenvalue weighted by atomic mass is 10.2. The van der Waals surface area contributed by atoms with Crippen LogP contribution in [-0.2, 0) is 0 Å². The molecular formula is C14H7BrCl2N2. The first kappa shape index (κ1) is 15.5. The molecule has 19 heavy (non-hydrogen) atoms. The van der Waals surface area contributed by atoms with Crippen LogP contribution < -0.4 is 0 Å². The van der Waals surface area contributed by atoms with Gasteiger partial charge in [-0.25, -0.2) is 0 Å². The molecule has 0 spiro atoms. The number of hydrogen-bond acceptors (Lipinski definition) is 2. The summed E-state index contributed by atoms with van der Waals surface area (Å²) >= 11 is 14.4. The predicted molar refractivity (Wildman–Crippen MR) is 80.0 cm³/mol.